The highest BCUT2D eigenvalue weighted by atomic mass is 32.2. The van der Waals surface area contributed by atoms with E-state index < -0.39 is 33.6 Å². The molecule has 1 heterocycles. The summed E-state index contributed by atoms with van der Waals surface area (Å²) < 4.78 is 71.1. The number of hydrogen-bond acceptors (Lipinski definition) is 4. The minimum atomic E-state index is -4.52. The van der Waals surface area contributed by atoms with Crippen LogP contribution in [0, 0.1) is 5.92 Å². The number of alkyl halides is 3. The molecule has 0 radical (unpaired) electrons. The Morgan fingerprint density at radius 1 is 1.19 bits per heavy atom. The van der Waals surface area contributed by atoms with E-state index in [4.69, 9.17) is 4.74 Å². The smallest absolute Gasteiger partial charge is 0.416 e. The van der Waals surface area contributed by atoms with Crippen molar-refractivity contribution in [3.05, 3.63) is 54.1 Å². The van der Waals surface area contributed by atoms with E-state index in [1.807, 2.05) is 6.92 Å². The minimum Gasteiger partial charge on any atom is -0.494 e. The van der Waals surface area contributed by atoms with E-state index in [1.165, 1.54) is 28.6 Å². The molecule has 1 saturated heterocycles. The molecule has 1 amide bonds. The van der Waals surface area contributed by atoms with E-state index in [1.54, 1.807) is 12.1 Å². The number of amides is 1. The molecule has 2 aromatic carbocycles. The number of sulfonamides is 1. The van der Waals surface area contributed by atoms with Crippen LogP contribution in [0.15, 0.2) is 53.4 Å². The first-order valence-corrected chi connectivity index (χ1v) is 11.3. The number of piperidine rings is 1. The molecule has 3 rings (SSSR count). The molecule has 0 unspecified atom stereocenters. The third kappa shape index (κ3) is 5.56. The van der Waals surface area contributed by atoms with Gasteiger partial charge in [0.05, 0.1) is 23.0 Å². The first-order valence-electron chi connectivity index (χ1n) is 9.82. The standard InChI is InChI=1S/C21H23F3N2O4S/c1-2-30-18-8-10-19(11-9-18)31(28,29)26-12-4-5-15(14-26)20(27)25-17-7-3-6-16(13-17)21(22,23)24/h3,6-11,13,15H,2,4-5,12,14H2,1H3,(H,25,27)/t15-/m0/s1. The van der Waals surface area contributed by atoms with E-state index in [9.17, 15) is 26.4 Å². The van der Waals surface area contributed by atoms with Gasteiger partial charge in [-0.1, -0.05) is 6.07 Å². The molecule has 0 aromatic heterocycles. The van der Waals surface area contributed by atoms with Crippen molar-refractivity contribution in [3.63, 3.8) is 0 Å². The summed E-state index contributed by atoms with van der Waals surface area (Å²) in [5.74, 6) is -0.620. The Balaban J connectivity index is 1.70. The quantitative estimate of drug-likeness (QED) is 0.709. The summed E-state index contributed by atoms with van der Waals surface area (Å²) in [6.07, 6.45) is -3.61. The lowest BCUT2D eigenvalue weighted by molar-refractivity contribution is -0.137. The zero-order valence-electron chi connectivity index (χ0n) is 16.9. The first kappa shape index (κ1) is 23.1. The lowest BCUT2D eigenvalue weighted by Crippen LogP contribution is -2.43. The van der Waals surface area contributed by atoms with Crippen LogP contribution in [0.25, 0.3) is 0 Å². The van der Waals surface area contributed by atoms with Crippen LogP contribution in [0.5, 0.6) is 5.75 Å². The predicted molar refractivity (Wildman–Crippen MR) is 109 cm³/mol. The molecule has 1 aliphatic rings. The van der Waals surface area contributed by atoms with Crippen LogP contribution in [0.1, 0.15) is 25.3 Å². The highest BCUT2D eigenvalue weighted by molar-refractivity contribution is 7.89. The monoisotopic (exact) mass is 456 g/mol. The largest absolute Gasteiger partial charge is 0.494 e. The first-order chi connectivity index (χ1) is 14.6. The maximum absolute atomic E-state index is 13.0. The van der Waals surface area contributed by atoms with Gasteiger partial charge in [0.25, 0.3) is 0 Å². The van der Waals surface area contributed by atoms with Gasteiger partial charge in [-0.3, -0.25) is 4.79 Å². The Hall–Kier alpha value is -2.59. The number of rotatable bonds is 6. The molecule has 1 fully saturated rings. The molecule has 1 aliphatic heterocycles. The van der Waals surface area contributed by atoms with E-state index in [2.05, 4.69) is 5.32 Å². The molecule has 0 spiro atoms. The van der Waals surface area contributed by atoms with Crippen LogP contribution in [0.4, 0.5) is 18.9 Å². The van der Waals surface area contributed by atoms with Gasteiger partial charge in [0, 0.05) is 18.8 Å². The number of benzene rings is 2. The van der Waals surface area contributed by atoms with Crippen LogP contribution in [0.3, 0.4) is 0 Å². The summed E-state index contributed by atoms with van der Waals surface area (Å²) in [4.78, 5) is 12.7. The summed E-state index contributed by atoms with van der Waals surface area (Å²) in [6.45, 7) is 2.51. The second-order valence-corrected chi connectivity index (χ2v) is 9.11. The average molecular weight is 456 g/mol. The number of halogens is 3. The number of hydrogen-bond donors (Lipinski definition) is 1. The second-order valence-electron chi connectivity index (χ2n) is 7.17. The number of carbonyl (C=O) groups excluding carboxylic acids is 1. The lowest BCUT2D eigenvalue weighted by Gasteiger charge is -2.31. The van der Waals surface area contributed by atoms with Crippen molar-refractivity contribution < 1.29 is 31.1 Å². The fraction of sp³-hybridized carbons (Fsp3) is 0.381. The van der Waals surface area contributed by atoms with Gasteiger partial charge in [-0.15, -0.1) is 0 Å². The van der Waals surface area contributed by atoms with Crippen LogP contribution in [0.2, 0.25) is 0 Å². The van der Waals surface area contributed by atoms with Crippen LogP contribution >= 0.6 is 0 Å². The molecule has 1 N–H and O–H groups in total. The maximum Gasteiger partial charge on any atom is 0.416 e. The molecule has 0 saturated carbocycles. The fourth-order valence-corrected chi connectivity index (χ4v) is 4.94. The Bertz CT molecular complexity index is 1020. The van der Waals surface area contributed by atoms with Crippen LogP contribution in [-0.4, -0.2) is 38.3 Å². The molecular formula is C21H23F3N2O4S. The van der Waals surface area contributed by atoms with E-state index in [-0.39, 0.29) is 23.7 Å². The van der Waals surface area contributed by atoms with E-state index >= 15 is 0 Å². The van der Waals surface area contributed by atoms with Crippen LogP contribution in [-0.2, 0) is 21.0 Å². The van der Waals surface area contributed by atoms with Gasteiger partial charge in [0.2, 0.25) is 15.9 Å². The number of nitrogens with one attached hydrogen (secondary N) is 1. The van der Waals surface area contributed by atoms with E-state index in [0.717, 1.165) is 12.1 Å². The number of nitrogens with zero attached hydrogens (tertiary/aromatic N) is 1. The Morgan fingerprint density at radius 3 is 2.55 bits per heavy atom. The zero-order valence-corrected chi connectivity index (χ0v) is 17.7. The van der Waals surface area contributed by atoms with Crippen molar-refractivity contribution in [3.8, 4) is 5.75 Å². The lowest BCUT2D eigenvalue weighted by atomic mass is 9.98. The molecule has 10 heteroatoms. The number of carbonyl (C=O) groups is 1. The van der Waals surface area contributed by atoms with Crippen molar-refractivity contribution in [2.75, 3.05) is 25.0 Å². The van der Waals surface area contributed by atoms with Crippen molar-refractivity contribution in [2.24, 2.45) is 5.92 Å². The van der Waals surface area contributed by atoms with Gasteiger partial charge in [-0.25, -0.2) is 8.42 Å². The summed E-state index contributed by atoms with van der Waals surface area (Å²) in [6, 6.07) is 10.4. The third-order valence-corrected chi connectivity index (χ3v) is 6.86. The summed E-state index contributed by atoms with van der Waals surface area (Å²) in [5.41, 5.74) is -0.847. The summed E-state index contributed by atoms with van der Waals surface area (Å²) in [7, 11) is -3.81. The predicted octanol–water partition coefficient (Wildman–Crippen LogP) is 4.14. The maximum atomic E-state index is 13.0. The van der Waals surface area contributed by atoms with Crippen molar-refractivity contribution >= 4 is 21.6 Å². The van der Waals surface area contributed by atoms with Gasteiger partial charge in [0.15, 0.2) is 0 Å². The van der Waals surface area contributed by atoms with E-state index in [0.29, 0.717) is 25.2 Å². The second kappa shape index (κ2) is 9.27. The Labute approximate surface area is 179 Å². The number of ether oxygens (including phenoxy) is 1. The minimum absolute atomic E-state index is 0.0197. The average Bonchev–Trinajstić information content (AvgIpc) is 2.74. The van der Waals surface area contributed by atoms with Gasteiger partial charge in [0.1, 0.15) is 5.75 Å². The molecular weight excluding hydrogens is 433 g/mol. The fourth-order valence-electron chi connectivity index (χ4n) is 3.42. The molecule has 0 bridgehead atoms. The van der Waals surface area contributed by atoms with Gasteiger partial charge in [-0.05, 0) is 62.2 Å². The van der Waals surface area contributed by atoms with Gasteiger partial charge < -0.3 is 10.1 Å². The number of anilines is 1. The summed E-state index contributed by atoms with van der Waals surface area (Å²) >= 11 is 0. The van der Waals surface area contributed by atoms with Gasteiger partial charge in [-0.2, -0.15) is 17.5 Å². The topological polar surface area (TPSA) is 75.7 Å². The van der Waals surface area contributed by atoms with Crippen LogP contribution < -0.4 is 10.1 Å². The molecule has 2 aromatic rings. The van der Waals surface area contributed by atoms with Crippen molar-refractivity contribution in [1.29, 1.82) is 0 Å². The highest BCUT2D eigenvalue weighted by Gasteiger charge is 2.34. The highest BCUT2D eigenvalue weighted by Crippen LogP contribution is 2.31. The van der Waals surface area contributed by atoms with Crippen molar-refractivity contribution in [1.82, 2.24) is 4.31 Å². The zero-order chi connectivity index (χ0) is 22.6. The third-order valence-electron chi connectivity index (χ3n) is 4.98. The summed E-state index contributed by atoms with van der Waals surface area (Å²) in [5, 5.41) is 2.48. The molecule has 6 nitrogen and oxygen atoms in total. The Kier molecular flexibility index (Phi) is 6.90. The normalized spacial score (nSPS) is 17.9. The SMILES string of the molecule is CCOc1ccc(S(=O)(=O)N2CCC[C@H](C(=O)Nc3cccc(C(F)(F)F)c3)C2)cc1. The molecule has 0 aliphatic carbocycles. The van der Waals surface area contributed by atoms with Gasteiger partial charge >= 0.3 is 6.18 Å². The molecule has 1 atom stereocenters. The molecule has 168 valence electrons. The molecule has 31 heavy (non-hydrogen) atoms. The van der Waals surface area contributed by atoms with Crippen molar-refractivity contribution in [2.45, 2.75) is 30.8 Å². The Morgan fingerprint density at radius 2 is 1.90 bits per heavy atom.